The number of nitrogens with one attached hydrogen (secondary N) is 1. The molecule has 4 rings (SSSR count). The van der Waals surface area contributed by atoms with E-state index in [4.69, 9.17) is 23.2 Å². The Balaban J connectivity index is 1.70. The predicted molar refractivity (Wildman–Crippen MR) is 109 cm³/mol. The second-order valence-electron chi connectivity index (χ2n) is 6.40. The van der Waals surface area contributed by atoms with Gasteiger partial charge >= 0.3 is 0 Å². The van der Waals surface area contributed by atoms with Gasteiger partial charge in [0, 0.05) is 44.3 Å². The number of halogens is 2. The Kier molecular flexibility index (Phi) is 5.15. The van der Waals surface area contributed by atoms with Crippen LogP contribution < -0.4 is 10.2 Å². The highest BCUT2D eigenvalue weighted by Crippen LogP contribution is 2.31. The van der Waals surface area contributed by atoms with Gasteiger partial charge in [-0.1, -0.05) is 11.6 Å². The van der Waals surface area contributed by atoms with Crippen molar-refractivity contribution in [2.24, 2.45) is 0 Å². The van der Waals surface area contributed by atoms with Crippen LogP contribution in [0.4, 0.5) is 17.2 Å². The van der Waals surface area contributed by atoms with Crippen molar-refractivity contribution in [1.29, 1.82) is 0 Å². The van der Waals surface area contributed by atoms with Gasteiger partial charge in [0.15, 0.2) is 5.82 Å². The van der Waals surface area contributed by atoms with Crippen molar-refractivity contribution in [3.8, 4) is 5.69 Å². The molecule has 1 saturated heterocycles. The van der Waals surface area contributed by atoms with Gasteiger partial charge in [0.05, 0.1) is 17.6 Å². The standard InChI is InChI=1S/C18H19Cl2N7/c1-25-7-9-26(10-8-25)13-3-4-15(16(11-13)27-6-2-5-22-27)23-17-14(19)12-21-18(20)24-17/h2-6,11-12H,7-10H2,1H3,(H,21,23,24). The van der Waals surface area contributed by atoms with Crippen LogP contribution in [0.2, 0.25) is 10.3 Å². The average molecular weight is 404 g/mol. The first kappa shape index (κ1) is 18.0. The van der Waals surface area contributed by atoms with Gasteiger partial charge in [-0.2, -0.15) is 10.1 Å². The first-order valence-electron chi connectivity index (χ1n) is 8.63. The molecule has 1 aliphatic heterocycles. The third kappa shape index (κ3) is 4.00. The summed E-state index contributed by atoms with van der Waals surface area (Å²) in [6, 6.07) is 8.12. The van der Waals surface area contributed by atoms with E-state index < -0.39 is 0 Å². The van der Waals surface area contributed by atoms with Crippen molar-refractivity contribution in [2.45, 2.75) is 0 Å². The highest BCUT2D eigenvalue weighted by atomic mass is 35.5. The Labute approximate surface area is 167 Å². The quantitative estimate of drug-likeness (QED) is 0.672. The maximum atomic E-state index is 6.21. The Bertz CT molecular complexity index is 921. The van der Waals surface area contributed by atoms with Crippen LogP contribution in [0, 0.1) is 0 Å². The van der Waals surface area contributed by atoms with E-state index in [0.717, 1.165) is 43.2 Å². The first-order chi connectivity index (χ1) is 13.1. The average Bonchev–Trinajstić information content (AvgIpc) is 3.20. The minimum Gasteiger partial charge on any atom is -0.369 e. The summed E-state index contributed by atoms with van der Waals surface area (Å²) in [4.78, 5) is 12.8. The van der Waals surface area contributed by atoms with Gasteiger partial charge in [0.25, 0.3) is 0 Å². The van der Waals surface area contributed by atoms with Gasteiger partial charge in [-0.05, 0) is 42.9 Å². The Morgan fingerprint density at radius 2 is 1.93 bits per heavy atom. The van der Waals surface area contributed by atoms with E-state index in [0.29, 0.717) is 10.8 Å². The molecule has 0 atom stereocenters. The fourth-order valence-electron chi connectivity index (χ4n) is 3.05. The fraction of sp³-hybridized carbons (Fsp3) is 0.278. The largest absolute Gasteiger partial charge is 0.369 e. The summed E-state index contributed by atoms with van der Waals surface area (Å²) in [5, 5.41) is 8.17. The topological polar surface area (TPSA) is 62.1 Å². The van der Waals surface area contributed by atoms with Crippen LogP contribution in [0.3, 0.4) is 0 Å². The summed E-state index contributed by atoms with van der Waals surface area (Å²) in [5.74, 6) is 0.456. The zero-order chi connectivity index (χ0) is 18.8. The smallest absolute Gasteiger partial charge is 0.224 e. The second kappa shape index (κ2) is 7.72. The molecule has 140 valence electrons. The molecule has 2 aromatic heterocycles. The second-order valence-corrected chi connectivity index (χ2v) is 7.15. The molecule has 9 heteroatoms. The van der Waals surface area contributed by atoms with Crippen molar-refractivity contribution in [3.63, 3.8) is 0 Å². The van der Waals surface area contributed by atoms with Crippen molar-refractivity contribution in [3.05, 3.63) is 53.2 Å². The van der Waals surface area contributed by atoms with Gasteiger partial charge in [-0.15, -0.1) is 0 Å². The van der Waals surface area contributed by atoms with Crippen molar-refractivity contribution in [2.75, 3.05) is 43.4 Å². The SMILES string of the molecule is CN1CCN(c2ccc(Nc3nc(Cl)ncc3Cl)c(-n3cccn3)c2)CC1. The van der Waals surface area contributed by atoms with E-state index in [1.165, 1.54) is 6.20 Å². The number of likely N-dealkylation sites (N-methyl/N-ethyl adjacent to an activating group) is 1. The number of piperazine rings is 1. The lowest BCUT2D eigenvalue weighted by atomic mass is 10.2. The van der Waals surface area contributed by atoms with Gasteiger partial charge in [-0.3, -0.25) is 0 Å². The van der Waals surface area contributed by atoms with E-state index in [2.05, 4.69) is 49.4 Å². The van der Waals surface area contributed by atoms with Crippen LogP contribution in [0.15, 0.2) is 42.9 Å². The Morgan fingerprint density at radius 3 is 2.67 bits per heavy atom. The van der Waals surface area contributed by atoms with Gasteiger partial charge in [-0.25, -0.2) is 9.67 Å². The zero-order valence-corrected chi connectivity index (χ0v) is 16.3. The molecule has 0 radical (unpaired) electrons. The number of benzene rings is 1. The lowest BCUT2D eigenvalue weighted by Gasteiger charge is -2.34. The van der Waals surface area contributed by atoms with Gasteiger partial charge in [0.1, 0.15) is 5.02 Å². The molecular formula is C18H19Cl2N7. The number of hydrogen-bond donors (Lipinski definition) is 1. The maximum absolute atomic E-state index is 6.21. The minimum atomic E-state index is 0.136. The van der Waals surface area contributed by atoms with Crippen molar-refractivity contribution in [1.82, 2.24) is 24.6 Å². The van der Waals surface area contributed by atoms with Crippen LogP contribution in [-0.2, 0) is 0 Å². The highest BCUT2D eigenvalue weighted by Gasteiger charge is 2.17. The van der Waals surface area contributed by atoms with Crippen LogP contribution in [0.1, 0.15) is 0 Å². The predicted octanol–water partition coefficient (Wildman–Crippen LogP) is 3.46. The van der Waals surface area contributed by atoms with Gasteiger partial charge in [0.2, 0.25) is 5.28 Å². The minimum absolute atomic E-state index is 0.136. The van der Waals surface area contributed by atoms with E-state index in [1.807, 2.05) is 23.0 Å². The van der Waals surface area contributed by atoms with E-state index in [1.54, 1.807) is 6.20 Å². The first-order valence-corrected chi connectivity index (χ1v) is 9.38. The molecule has 1 aromatic carbocycles. The number of hydrogen-bond acceptors (Lipinski definition) is 6. The monoisotopic (exact) mass is 403 g/mol. The number of nitrogens with zero attached hydrogens (tertiary/aromatic N) is 6. The summed E-state index contributed by atoms with van der Waals surface area (Å²) in [6.07, 6.45) is 5.13. The molecule has 0 saturated carbocycles. The third-order valence-corrected chi connectivity index (χ3v) is 5.03. The molecule has 1 N–H and O–H groups in total. The number of aromatic nitrogens is 4. The highest BCUT2D eigenvalue weighted by molar-refractivity contribution is 6.33. The fourth-order valence-corrected chi connectivity index (χ4v) is 3.32. The molecule has 3 heterocycles. The van der Waals surface area contributed by atoms with Crippen molar-refractivity contribution >= 4 is 40.4 Å². The molecule has 3 aromatic rings. The molecule has 27 heavy (non-hydrogen) atoms. The molecule has 0 amide bonds. The van der Waals surface area contributed by atoms with Crippen molar-refractivity contribution < 1.29 is 0 Å². The summed E-state index contributed by atoms with van der Waals surface area (Å²) < 4.78 is 1.82. The molecule has 0 unspecified atom stereocenters. The van der Waals surface area contributed by atoms with Crippen LogP contribution in [-0.4, -0.2) is 57.9 Å². The van der Waals surface area contributed by atoms with Crippen LogP contribution in [0.25, 0.3) is 5.69 Å². The Morgan fingerprint density at radius 1 is 1.11 bits per heavy atom. The summed E-state index contributed by atoms with van der Waals surface area (Å²) in [5.41, 5.74) is 2.89. The Hall–Kier alpha value is -2.35. The normalized spacial score (nSPS) is 15.1. The molecule has 1 aliphatic rings. The lowest BCUT2D eigenvalue weighted by molar-refractivity contribution is 0.313. The maximum Gasteiger partial charge on any atom is 0.224 e. The summed E-state index contributed by atoms with van der Waals surface area (Å²) >= 11 is 12.1. The molecule has 7 nitrogen and oxygen atoms in total. The molecule has 0 aliphatic carbocycles. The van der Waals surface area contributed by atoms with Crippen LogP contribution >= 0.6 is 23.2 Å². The summed E-state index contributed by atoms with van der Waals surface area (Å²) in [6.45, 7) is 4.09. The van der Waals surface area contributed by atoms with E-state index in [-0.39, 0.29) is 5.28 Å². The number of anilines is 3. The van der Waals surface area contributed by atoms with E-state index >= 15 is 0 Å². The lowest BCUT2D eigenvalue weighted by Crippen LogP contribution is -2.44. The van der Waals surface area contributed by atoms with Gasteiger partial charge < -0.3 is 15.1 Å². The van der Waals surface area contributed by atoms with E-state index in [9.17, 15) is 0 Å². The molecule has 0 spiro atoms. The molecule has 0 bridgehead atoms. The molecule has 1 fully saturated rings. The zero-order valence-electron chi connectivity index (χ0n) is 14.8. The molecular weight excluding hydrogens is 385 g/mol. The number of rotatable bonds is 4. The van der Waals surface area contributed by atoms with Crippen LogP contribution in [0.5, 0.6) is 0 Å². The third-order valence-electron chi connectivity index (χ3n) is 4.57. The summed E-state index contributed by atoms with van der Waals surface area (Å²) in [7, 11) is 2.15.